The molecule has 0 amide bonds. The molecule has 104 valence electrons. The van der Waals surface area contributed by atoms with E-state index < -0.39 is 5.97 Å². The quantitative estimate of drug-likeness (QED) is 0.928. The molecule has 2 aromatic heterocycles. The van der Waals surface area contributed by atoms with Crippen LogP contribution < -0.4 is 0 Å². The van der Waals surface area contributed by atoms with Crippen LogP contribution in [0.15, 0.2) is 24.8 Å². The van der Waals surface area contributed by atoms with Crippen LogP contribution in [0.2, 0.25) is 0 Å². The molecule has 3 rings (SSSR count). The second-order valence-corrected chi connectivity index (χ2v) is 5.06. The largest absolute Gasteiger partial charge is 0.478 e. The fraction of sp³-hybridized carbons (Fsp3) is 0.429. The Kier molecular flexibility index (Phi) is 3.45. The summed E-state index contributed by atoms with van der Waals surface area (Å²) in [6.45, 7) is 0. The van der Waals surface area contributed by atoms with Crippen molar-refractivity contribution in [1.82, 2.24) is 19.7 Å². The first-order valence-corrected chi connectivity index (χ1v) is 6.84. The molecule has 0 atom stereocenters. The molecule has 6 nitrogen and oxygen atoms in total. The minimum Gasteiger partial charge on any atom is -0.478 e. The van der Waals surface area contributed by atoms with Gasteiger partial charge >= 0.3 is 5.97 Å². The number of aromatic nitrogens is 4. The predicted molar refractivity (Wildman–Crippen MR) is 72.3 cm³/mol. The van der Waals surface area contributed by atoms with Gasteiger partial charge in [0.15, 0.2) is 0 Å². The summed E-state index contributed by atoms with van der Waals surface area (Å²) in [6, 6.07) is 0.298. The molecule has 0 radical (unpaired) electrons. The summed E-state index contributed by atoms with van der Waals surface area (Å²) in [5.41, 5.74) is 1.09. The van der Waals surface area contributed by atoms with Crippen molar-refractivity contribution in [3.8, 4) is 11.4 Å². The van der Waals surface area contributed by atoms with Crippen LogP contribution in [0.25, 0.3) is 11.4 Å². The zero-order chi connectivity index (χ0) is 13.9. The zero-order valence-corrected chi connectivity index (χ0v) is 11.1. The lowest BCUT2D eigenvalue weighted by Crippen LogP contribution is -2.13. The molecule has 0 aliphatic heterocycles. The molecule has 1 aliphatic carbocycles. The Morgan fingerprint density at radius 2 is 2.05 bits per heavy atom. The smallest absolute Gasteiger partial charge is 0.339 e. The van der Waals surface area contributed by atoms with Crippen LogP contribution >= 0.6 is 0 Å². The van der Waals surface area contributed by atoms with Gasteiger partial charge < -0.3 is 5.11 Å². The van der Waals surface area contributed by atoms with Gasteiger partial charge in [-0.25, -0.2) is 4.79 Å². The van der Waals surface area contributed by atoms with Gasteiger partial charge in [-0.3, -0.25) is 14.6 Å². The van der Waals surface area contributed by atoms with Gasteiger partial charge in [0.05, 0.1) is 12.2 Å². The van der Waals surface area contributed by atoms with E-state index in [1.807, 2.05) is 0 Å². The molecular formula is C14H16N4O2. The molecule has 0 unspecified atom stereocenters. The van der Waals surface area contributed by atoms with Crippen molar-refractivity contribution in [3.05, 3.63) is 30.4 Å². The van der Waals surface area contributed by atoms with E-state index in [9.17, 15) is 9.90 Å². The number of carboxylic acid groups (broad SMARTS) is 1. The fourth-order valence-electron chi connectivity index (χ4n) is 2.69. The molecule has 2 aromatic rings. The summed E-state index contributed by atoms with van der Waals surface area (Å²) in [4.78, 5) is 19.5. The summed E-state index contributed by atoms with van der Waals surface area (Å²) in [6.07, 6.45) is 12.0. The Balaban J connectivity index is 2.00. The van der Waals surface area contributed by atoms with Crippen LogP contribution in [0.5, 0.6) is 0 Å². The Bertz CT molecular complexity index is 603. The van der Waals surface area contributed by atoms with Crippen molar-refractivity contribution in [3.63, 3.8) is 0 Å². The van der Waals surface area contributed by atoms with Crippen molar-refractivity contribution in [1.29, 1.82) is 0 Å². The van der Waals surface area contributed by atoms with E-state index in [0.29, 0.717) is 17.4 Å². The SMILES string of the molecule is O=C(O)c1cn(C2CCCCC2)nc1-c1cnccn1. The molecule has 1 N–H and O–H groups in total. The average Bonchev–Trinajstić information content (AvgIpc) is 2.94. The molecule has 0 spiro atoms. The van der Waals surface area contributed by atoms with Gasteiger partial charge in [-0.05, 0) is 12.8 Å². The average molecular weight is 272 g/mol. The molecule has 1 fully saturated rings. The lowest BCUT2D eigenvalue weighted by Gasteiger charge is -2.21. The van der Waals surface area contributed by atoms with Crippen LogP contribution in [0.4, 0.5) is 0 Å². The van der Waals surface area contributed by atoms with E-state index in [-0.39, 0.29) is 5.56 Å². The second kappa shape index (κ2) is 5.40. The summed E-state index contributed by atoms with van der Waals surface area (Å²) in [5, 5.41) is 13.8. The highest BCUT2D eigenvalue weighted by Gasteiger charge is 2.22. The Morgan fingerprint density at radius 1 is 1.25 bits per heavy atom. The summed E-state index contributed by atoms with van der Waals surface area (Å²) < 4.78 is 1.80. The highest BCUT2D eigenvalue weighted by Crippen LogP contribution is 2.30. The fourth-order valence-corrected chi connectivity index (χ4v) is 2.69. The number of hydrogen-bond donors (Lipinski definition) is 1. The number of hydrogen-bond acceptors (Lipinski definition) is 4. The zero-order valence-electron chi connectivity index (χ0n) is 11.1. The lowest BCUT2D eigenvalue weighted by atomic mass is 9.96. The van der Waals surface area contributed by atoms with Crippen molar-refractivity contribution in [2.75, 3.05) is 0 Å². The van der Waals surface area contributed by atoms with Crippen LogP contribution in [0, 0.1) is 0 Å². The molecule has 6 heteroatoms. The van der Waals surface area contributed by atoms with Crippen LogP contribution in [-0.4, -0.2) is 30.8 Å². The Hall–Kier alpha value is -2.24. The third-order valence-corrected chi connectivity index (χ3v) is 3.72. The van der Waals surface area contributed by atoms with Gasteiger partial charge in [-0.1, -0.05) is 19.3 Å². The van der Waals surface area contributed by atoms with E-state index >= 15 is 0 Å². The minimum absolute atomic E-state index is 0.191. The van der Waals surface area contributed by atoms with Crippen LogP contribution in [-0.2, 0) is 0 Å². The third-order valence-electron chi connectivity index (χ3n) is 3.72. The van der Waals surface area contributed by atoms with Crippen LogP contribution in [0.3, 0.4) is 0 Å². The molecule has 0 saturated heterocycles. The number of rotatable bonds is 3. The topological polar surface area (TPSA) is 80.9 Å². The maximum Gasteiger partial charge on any atom is 0.339 e. The molecule has 0 bridgehead atoms. The molecule has 1 saturated carbocycles. The maximum absolute atomic E-state index is 11.4. The highest BCUT2D eigenvalue weighted by atomic mass is 16.4. The van der Waals surface area contributed by atoms with E-state index in [1.54, 1.807) is 29.5 Å². The van der Waals surface area contributed by atoms with Crippen molar-refractivity contribution in [2.24, 2.45) is 0 Å². The Morgan fingerprint density at radius 3 is 2.70 bits per heavy atom. The van der Waals surface area contributed by atoms with Gasteiger partial charge in [0.2, 0.25) is 0 Å². The highest BCUT2D eigenvalue weighted by molar-refractivity contribution is 5.93. The second-order valence-electron chi connectivity index (χ2n) is 5.06. The first kappa shape index (κ1) is 12.8. The monoisotopic (exact) mass is 272 g/mol. The summed E-state index contributed by atoms with van der Waals surface area (Å²) in [7, 11) is 0. The normalized spacial score (nSPS) is 16.2. The van der Waals surface area contributed by atoms with Crippen molar-refractivity contribution < 1.29 is 9.90 Å². The molecule has 0 aromatic carbocycles. The molecule has 20 heavy (non-hydrogen) atoms. The van der Waals surface area contributed by atoms with Crippen LogP contribution in [0.1, 0.15) is 48.5 Å². The summed E-state index contributed by atoms with van der Waals surface area (Å²) >= 11 is 0. The van der Waals surface area contributed by atoms with E-state index in [2.05, 4.69) is 15.1 Å². The minimum atomic E-state index is -0.979. The van der Waals surface area contributed by atoms with E-state index in [0.717, 1.165) is 12.8 Å². The maximum atomic E-state index is 11.4. The molecular weight excluding hydrogens is 256 g/mol. The van der Waals surface area contributed by atoms with Crippen molar-refractivity contribution in [2.45, 2.75) is 38.1 Å². The van der Waals surface area contributed by atoms with Crippen molar-refractivity contribution >= 4 is 5.97 Å². The van der Waals surface area contributed by atoms with Gasteiger partial charge in [0.1, 0.15) is 17.0 Å². The standard InChI is InChI=1S/C14H16N4O2/c19-14(20)11-9-18(10-4-2-1-3-5-10)17-13(11)12-8-15-6-7-16-12/h6-10H,1-5H2,(H,19,20). The van der Waals surface area contributed by atoms with E-state index in [4.69, 9.17) is 0 Å². The first-order valence-electron chi connectivity index (χ1n) is 6.84. The molecule has 2 heterocycles. The summed E-state index contributed by atoms with van der Waals surface area (Å²) in [5.74, 6) is -0.979. The number of nitrogens with zero attached hydrogens (tertiary/aromatic N) is 4. The van der Waals surface area contributed by atoms with Gasteiger partial charge in [-0.2, -0.15) is 5.10 Å². The lowest BCUT2D eigenvalue weighted by molar-refractivity contribution is 0.0697. The first-order chi connectivity index (χ1) is 9.75. The van der Waals surface area contributed by atoms with Gasteiger partial charge in [-0.15, -0.1) is 0 Å². The predicted octanol–water partition coefficient (Wildman–Crippen LogP) is 2.54. The van der Waals surface area contributed by atoms with Gasteiger partial charge in [0.25, 0.3) is 0 Å². The number of carbonyl (C=O) groups is 1. The third kappa shape index (κ3) is 2.41. The molecule has 1 aliphatic rings. The van der Waals surface area contributed by atoms with Gasteiger partial charge in [0, 0.05) is 18.6 Å². The number of aromatic carboxylic acids is 1. The number of carboxylic acids is 1. The Labute approximate surface area is 116 Å². The van der Waals surface area contributed by atoms with E-state index in [1.165, 1.54) is 19.3 Å².